The highest BCUT2D eigenvalue weighted by atomic mass is 79.9. The summed E-state index contributed by atoms with van der Waals surface area (Å²) in [4.78, 5) is 12.1. The second kappa shape index (κ2) is 6.44. The van der Waals surface area contributed by atoms with E-state index in [-0.39, 0.29) is 17.8 Å². The Morgan fingerprint density at radius 1 is 1.05 bits per heavy atom. The van der Waals surface area contributed by atoms with Gasteiger partial charge in [0, 0.05) is 10.0 Å². The molecule has 0 unspecified atom stereocenters. The molecule has 0 amide bonds. The molecule has 0 saturated heterocycles. The number of ketones is 1. The van der Waals surface area contributed by atoms with Crippen LogP contribution in [0.4, 0.5) is 0 Å². The number of benzene rings is 2. The first-order chi connectivity index (χ1) is 9.88. The van der Waals surface area contributed by atoms with Crippen molar-refractivity contribution < 1.29 is 9.53 Å². The van der Waals surface area contributed by atoms with E-state index >= 15 is 0 Å². The Hall–Kier alpha value is -1.61. The molecule has 2 aromatic rings. The van der Waals surface area contributed by atoms with Crippen LogP contribution in [0.2, 0.25) is 0 Å². The fourth-order valence-corrected chi connectivity index (χ4v) is 2.47. The average Bonchev–Trinajstić information content (AvgIpc) is 2.45. The van der Waals surface area contributed by atoms with Gasteiger partial charge in [-0.25, -0.2) is 0 Å². The van der Waals surface area contributed by atoms with Crippen LogP contribution in [0.1, 0.15) is 36.7 Å². The quantitative estimate of drug-likeness (QED) is 0.727. The molecule has 0 heterocycles. The Bertz CT molecular complexity index is 624. The van der Waals surface area contributed by atoms with Crippen molar-refractivity contribution in [3.05, 3.63) is 64.1 Å². The van der Waals surface area contributed by atoms with Crippen molar-refractivity contribution in [1.29, 1.82) is 0 Å². The second-order valence-corrected chi connectivity index (χ2v) is 6.82. The van der Waals surface area contributed by atoms with Gasteiger partial charge in [-0.1, -0.05) is 67.0 Å². The zero-order chi connectivity index (χ0) is 15.5. The molecule has 0 aliphatic heterocycles. The van der Waals surface area contributed by atoms with Crippen molar-refractivity contribution in [1.82, 2.24) is 0 Å². The monoisotopic (exact) mass is 346 g/mol. The van der Waals surface area contributed by atoms with Crippen LogP contribution in [0.25, 0.3) is 0 Å². The van der Waals surface area contributed by atoms with Gasteiger partial charge in [-0.3, -0.25) is 4.79 Å². The van der Waals surface area contributed by atoms with Crippen LogP contribution in [0.5, 0.6) is 5.75 Å². The van der Waals surface area contributed by atoms with Gasteiger partial charge in [0.25, 0.3) is 0 Å². The normalized spacial score (nSPS) is 11.2. The molecule has 0 saturated carbocycles. The topological polar surface area (TPSA) is 26.3 Å². The zero-order valence-corrected chi connectivity index (χ0v) is 14.1. The van der Waals surface area contributed by atoms with Gasteiger partial charge in [-0.15, -0.1) is 0 Å². The van der Waals surface area contributed by atoms with Gasteiger partial charge in [0.15, 0.2) is 6.61 Å². The number of hydrogen-bond donors (Lipinski definition) is 0. The molecule has 2 aromatic carbocycles. The number of ether oxygens (including phenoxy) is 1. The number of hydrogen-bond acceptors (Lipinski definition) is 2. The third kappa shape index (κ3) is 4.18. The highest BCUT2D eigenvalue weighted by Crippen LogP contribution is 2.24. The average molecular weight is 347 g/mol. The molecule has 21 heavy (non-hydrogen) atoms. The SMILES string of the molecule is CC(C)(C)c1ccc(OCC(=O)c2ccccc2Br)cc1. The lowest BCUT2D eigenvalue weighted by molar-refractivity contribution is 0.0920. The Morgan fingerprint density at radius 3 is 2.24 bits per heavy atom. The lowest BCUT2D eigenvalue weighted by Gasteiger charge is -2.19. The molecule has 2 rings (SSSR count). The highest BCUT2D eigenvalue weighted by Gasteiger charge is 2.14. The molecule has 0 fully saturated rings. The van der Waals surface area contributed by atoms with E-state index in [0.717, 1.165) is 4.47 Å². The van der Waals surface area contributed by atoms with Gasteiger partial charge in [-0.2, -0.15) is 0 Å². The molecule has 2 nitrogen and oxygen atoms in total. The molecule has 0 radical (unpaired) electrons. The first-order valence-corrected chi connectivity index (χ1v) is 7.68. The van der Waals surface area contributed by atoms with E-state index in [9.17, 15) is 4.79 Å². The highest BCUT2D eigenvalue weighted by molar-refractivity contribution is 9.10. The van der Waals surface area contributed by atoms with Crippen molar-refractivity contribution in [3.8, 4) is 5.75 Å². The first kappa shape index (κ1) is 15.8. The van der Waals surface area contributed by atoms with Crippen molar-refractivity contribution in [2.75, 3.05) is 6.61 Å². The third-order valence-corrected chi connectivity index (χ3v) is 3.96. The summed E-state index contributed by atoms with van der Waals surface area (Å²) < 4.78 is 6.37. The molecular formula is C18H19BrO2. The summed E-state index contributed by atoms with van der Waals surface area (Å²) in [6, 6.07) is 15.3. The van der Waals surface area contributed by atoms with Crippen LogP contribution in [0.15, 0.2) is 53.0 Å². The van der Waals surface area contributed by atoms with Gasteiger partial charge in [-0.05, 0) is 29.2 Å². The Labute approximate surface area is 134 Å². The first-order valence-electron chi connectivity index (χ1n) is 6.89. The van der Waals surface area contributed by atoms with E-state index in [1.54, 1.807) is 6.07 Å². The summed E-state index contributed by atoms with van der Waals surface area (Å²) in [5.74, 6) is 0.672. The lowest BCUT2D eigenvalue weighted by atomic mass is 9.87. The minimum Gasteiger partial charge on any atom is -0.485 e. The number of carbonyl (C=O) groups is 1. The van der Waals surface area contributed by atoms with Crippen LogP contribution in [-0.4, -0.2) is 12.4 Å². The molecule has 0 aliphatic rings. The molecule has 0 N–H and O–H groups in total. The molecule has 0 bridgehead atoms. The van der Waals surface area contributed by atoms with E-state index in [4.69, 9.17) is 4.74 Å². The van der Waals surface area contributed by atoms with Crippen molar-refractivity contribution in [3.63, 3.8) is 0 Å². The van der Waals surface area contributed by atoms with Gasteiger partial charge < -0.3 is 4.74 Å². The molecular weight excluding hydrogens is 328 g/mol. The van der Waals surface area contributed by atoms with Crippen LogP contribution in [-0.2, 0) is 5.41 Å². The largest absolute Gasteiger partial charge is 0.485 e. The number of carbonyl (C=O) groups excluding carboxylic acids is 1. The standard InChI is InChI=1S/C18H19BrO2/c1-18(2,3)13-8-10-14(11-9-13)21-12-17(20)15-6-4-5-7-16(15)19/h4-11H,12H2,1-3H3. The Kier molecular flexibility index (Phi) is 4.84. The van der Waals surface area contributed by atoms with Crippen LogP contribution in [0.3, 0.4) is 0 Å². The molecule has 110 valence electrons. The lowest BCUT2D eigenvalue weighted by Crippen LogP contribution is -2.13. The van der Waals surface area contributed by atoms with Crippen molar-refractivity contribution in [2.45, 2.75) is 26.2 Å². The van der Waals surface area contributed by atoms with Gasteiger partial charge >= 0.3 is 0 Å². The van der Waals surface area contributed by atoms with Gasteiger partial charge in [0.05, 0.1) is 0 Å². The Balaban J connectivity index is 2.00. The van der Waals surface area contributed by atoms with Gasteiger partial charge in [0.1, 0.15) is 5.75 Å². The third-order valence-electron chi connectivity index (χ3n) is 3.26. The minimum absolute atomic E-state index is 0.0392. The second-order valence-electron chi connectivity index (χ2n) is 5.97. The molecule has 0 atom stereocenters. The van der Waals surface area contributed by atoms with E-state index in [2.05, 4.69) is 36.7 Å². The van der Waals surface area contributed by atoms with Crippen molar-refractivity contribution in [2.24, 2.45) is 0 Å². The van der Waals surface area contributed by atoms with Crippen LogP contribution < -0.4 is 4.74 Å². The predicted molar refractivity (Wildman–Crippen MR) is 89.1 cm³/mol. The molecule has 0 aliphatic carbocycles. The van der Waals surface area contributed by atoms with E-state index in [1.165, 1.54) is 5.56 Å². The smallest absolute Gasteiger partial charge is 0.201 e. The fraction of sp³-hybridized carbons (Fsp3) is 0.278. The predicted octanol–water partition coefficient (Wildman–Crippen LogP) is 5.01. The maximum absolute atomic E-state index is 12.1. The maximum atomic E-state index is 12.1. The number of Topliss-reactive ketones (excluding diaryl/α,β-unsaturated/α-hetero) is 1. The summed E-state index contributed by atoms with van der Waals surface area (Å²) in [5, 5.41) is 0. The number of rotatable bonds is 4. The molecule has 0 spiro atoms. The van der Waals surface area contributed by atoms with E-state index in [1.807, 2.05) is 42.5 Å². The van der Waals surface area contributed by atoms with Gasteiger partial charge in [0.2, 0.25) is 5.78 Å². The van der Waals surface area contributed by atoms with Crippen LogP contribution >= 0.6 is 15.9 Å². The summed E-state index contributed by atoms with van der Waals surface area (Å²) in [7, 11) is 0. The summed E-state index contributed by atoms with van der Waals surface area (Å²) >= 11 is 3.38. The summed E-state index contributed by atoms with van der Waals surface area (Å²) in [6.07, 6.45) is 0. The van der Waals surface area contributed by atoms with E-state index < -0.39 is 0 Å². The van der Waals surface area contributed by atoms with E-state index in [0.29, 0.717) is 11.3 Å². The molecule has 3 heteroatoms. The van der Waals surface area contributed by atoms with Crippen molar-refractivity contribution >= 4 is 21.7 Å². The van der Waals surface area contributed by atoms with Crippen LogP contribution in [0, 0.1) is 0 Å². The maximum Gasteiger partial charge on any atom is 0.201 e. The fourth-order valence-electron chi connectivity index (χ4n) is 1.97. The minimum atomic E-state index is -0.0395. The summed E-state index contributed by atoms with van der Waals surface area (Å²) in [5.41, 5.74) is 2.00. The summed E-state index contributed by atoms with van der Waals surface area (Å²) in [6.45, 7) is 6.54. The Morgan fingerprint density at radius 2 is 1.67 bits per heavy atom. The number of halogens is 1. The zero-order valence-electron chi connectivity index (χ0n) is 12.5. The molecule has 0 aromatic heterocycles.